The summed E-state index contributed by atoms with van der Waals surface area (Å²) in [5, 5.41) is 0.844. The van der Waals surface area contributed by atoms with Crippen LogP contribution in [0, 0.1) is 5.41 Å². The Labute approximate surface area is 126 Å². The zero-order chi connectivity index (χ0) is 15.8. The lowest BCUT2D eigenvalue weighted by atomic mass is 10.1. The van der Waals surface area contributed by atoms with Crippen molar-refractivity contribution in [2.24, 2.45) is 5.41 Å². The number of carbonyl (C=O) groups is 1. The molecule has 0 radical (unpaired) electrons. The summed E-state index contributed by atoms with van der Waals surface area (Å²) in [7, 11) is 0. The smallest absolute Gasteiger partial charge is 0.318 e. The molecular formula is C16H15F2NO3. The first-order valence-corrected chi connectivity index (χ1v) is 6.96. The highest BCUT2D eigenvalue weighted by atomic mass is 19.3. The number of fused-ring (bicyclic) bond motifs is 1. The standard InChI is InChI=1S/C16H15F2NO3/c1-15(10-16(15,17)18)14(20)22-9-8-21-13-6-7-19-12-5-3-2-4-11(12)13/h2-7H,8-10H2,1H3. The van der Waals surface area contributed by atoms with Crippen LogP contribution in [0.5, 0.6) is 5.75 Å². The van der Waals surface area contributed by atoms with Crippen LogP contribution >= 0.6 is 0 Å². The molecule has 6 heteroatoms. The maximum absolute atomic E-state index is 13.0. The predicted octanol–water partition coefficient (Wildman–Crippen LogP) is 3.20. The summed E-state index contributed by atoms with van der Waals surface area (Å²) < 4.78 is 36.5. The highest BCUT2D eigenvalue weighted by molar-refractivity contribution is 5.84. The van der Waals surface area contributed by atoms with E-state index in [-0.39, 0.29) is 13.2 Å². The van der Waals surface area contributed by atoms with Crippen molar-refractivity contribution in [3.8, 4) is 5.75 Å². The summed E-state index contributed by atoms with van der Waals surface area (Å²) in [5.41, 5.74) is -0.877. The van der Waals surface area contributed by atoms with Gasteiger partial charge < -0.3 is 9.47 Å². The van der Waals surface area contributed by atoms with Crippen LogP contribution in [0.25, 0.3) is 10.9 Å². The second-order valence-corrected chi connectivity index (χ2v) is 5.52. The quantitative estimate of drug-likeness (QED) is 0.629. The Morgan fingerprint density at radius 3 is 2.73 bits per heavy atom. The minimum absolute atomic E-state index is 0.0683. The number of para-hydroxylation sites is 1. The van der Waals surface area contributed by atoms with Crippen molar-refractivity contribution in [3.05, 3.63) is 36.5 Å². The van der Waals surface area contributed by atoms with Crippen molar-refractivity contribution < 1.29 is 23.0 Å². The molecule has 0 amide bonds. The molecule has 0 bridgehead atoms. The number of hydrogen-bond donors (Lipinski definition) is 0. The summed E-state index contributed by atoms with van der Waals surface area (Å²) in [5.74, 6) is -3.21. The summed E-state index contributed by atoms with van der Waals surface area (Å²) in [6.45, 7) is 1.25. The predicted molar refractivity (Wildman–Crippen MR) is 75.9 cm³/mol. The van der Waals surface area contributed by atoms with Gasteiger partial charge in [-0.15, -0.1) is 0 Å². The molecule has 1 heterocycles. The number of rotatable bonds is 5. The number of nitrogens with zero attached hydrogens (tertiary/aromatic N) is 1. The van der Waals surface area contributed by atoms with Gasteiger partial charge in [0.1, 0.15) is 24.4 Å². The van der Waals surface area contributed by atoms with Crippen molar-refractivity contribution >= 4 is 16.9 Å². The number of aromatic nitrogens is 1. The van der Waals surface area contributed by atoms with Crippen LogP contribution in [0.1, 0.15) is 13.3 Å². The molecule has 0 N–H and O–H groups in total. The molecule has 1 atom stereocenters. The molecule has 3 rings (SSSR count). The minimum atomic E-state index is -2.95. The highest BCUT2D eigenvalue weighted by Gasteiger charge is 2.73. The van der Waals surface area contributed by atoms with Crippen LogP contribution in [0.4, 0.5) is 8.78 Å². The SMILES string of the molecule is CC1(C(=O)OCCOc2ccnc3ccccc23)CC1(F)F. The highest BCUT2D eigenvalue weighted by Crippen LogP contribution is 2.60. The molecule has 1 fully saturated rings. The number of pyridine rings is 1. The van der Waals surface area contributed by atoms with Crippen molar-refractivity contribution in [1.29, 1.82) is 0 Å². The zero-order valence-corrected chi connectivity index (χ0v) is 12.0. The Morgan fingerprint density at radius 2 is 2.00 bits per heavy atom. The van der Waals surface area contributed by atoms with E-state index in [0.29, 0.717) is 5.75 Å². The average molecular weight is 307 g/mol. The summed E-state index contributed by atoms with van der Waals surface area (Å²) in [6.07, 6.45) is 1.17. The van der Waals surface area contributed by atoms with Gasteiger partial charge >= 0.3 is 5.97 Å². The molecule has 1 aromatic heterocycles. The molecule has 1 saturated carbocycles. The molecule has 22 heavy (non-hydrogen) atoms. The van der Waals surface area contributed by atoms with Crippen LogP contribution in [0.2, 0.25) is 0 Å². The van der Waals surface area contributed by atoms with Gasteiger partial charge in [-0.1, -0.05) is 12.1 Å². The topological polar surface area (TPSA) is 48.4 Å². The average Bonchev–Trinajstić information content (AvgIpc) is 3.03. The molecule has 4 nitrogen and oxygen atoms in total. The number of alkyl halides is 2. The first kappa shape index (κ1) is 14.7. The molecular weight excluding hydrogens is 292 g/mol. The van der Waals surface area contributed by atoms with Crippen LogP contribution in [0.15, 0.2) is 36.5 Å². The molecule has 1 aromatic carbocycles. The molecule has 0 aliphatic heterocycles. The van der Waals surface area contributed by atoms with E-state index in [4.69, 9.17) is 9.47 Å². The van der Waals surface area contributed by atoms with Gasteiger partial charge in [-0.2, -0.15) is 0 Å². The molecule has 0 saturated heterocycles. The monoisotopic (exact) mass is 307 g/mol. The number of carbonyl (C=O) groups excluding carboxylic acids is 1. The van der Waals surface area contributed by atoms with E-state index in [1.807, 2.05) is 24.3 Å². The number of ether oxygens (including phenoxy) is 2. The van der Waals surface area contributed by atoms with Crippen molar-refractivity contribution in [3.63, 3.8) is 0 Å². The van der Waals surface area contributed by atoms with Gasteiger partial charge in [0.05, 0.1) is 5.52 Å². The molecule has 1 aliphatic carbocycles. The summed E-state index contributed by atoms with van der Waals surface area (Å²) >= 11 is 0. The van der Waals surface area contributed by atoms with E-state index < -0.39 is 23.7 Å². The van der Waals surface area contributed by atoms with Gasteiger partial charge in [-0.05, 0) is 25.1 Å². The second kappa shape index (κ2) is 5.19. The summed E-state index contributed by atoms with van der Waals surface area (Å²) in [4.78, 5) is 15.8. The number of esters is 1. The minimum Gasteiger partial charge on any atom is -0.489 e. The zero-order valence-electron chi connectivity index (χ0n) is 12.0. The third kappa shape index (κ3) is 2.49. The van der Waals surface area contributed by atoms with E-state index >= 15 is 0 Å². The van der Waals surface area contributed by atoms with Crippen LogP contribution in [0.3, 0.4) is 0 Å². The molecule has 1 unspecified atom stereocenters. The molecule has 116 valence electrons. The lowest BCUT2D eigenvalue weighted by Crippen LogP contribution is -2.24. The van der Waals surface area contributed by atoms with Gasteiger partial charge in [0.2, 0.25) is 0 Å². The van der Waals surface area contributed by atoms with Gasteiger partial charge in [-0.3, -0.25) is 9.78 Å². The van der Waals surface area contributed by atoms with Crippen molar-refractivity contribution in [2.75, 3.05) is 13.2 Å². The Balaban J connectivity index is 1.54. The van der Waals surface area contributed by atoms with Crippen molar-refractivity contribution in [1.82, 2.24) is 4.98 Å². The fourth-order valence-corrected chi connectivity index (χ4v) is 2.26. The van der Waals surface area contributed by atoms with Gasteiger partial charge in [0, 0.05) is 18.0 Å². The molecule has 0 spiro atoms. The van der Waals surface area contributed by atoms with E-state index in [1.165, 1.54) is 6.92 Å². The van der Waals surface area contributed by atoms with Gasteiger partial charge in [-0.25, -0.2) is 8.78 Å². The lowest BCUT2D eigenvalue weighted by molar-refractivity contribution is -0.154. The largest absolute Gasteiger partial charge is 0.489 e. The Bertz CT molecular complexity index is 714. The third-order valence-electron chi connectivity index (χ3n) is 3.89. The number of benzene rings is 1. The fraction of sp³-hybridized carbons (Fsp3) is 0.375. The fourth-order valence-electron chi connectivity index (χ4n) is 2.26. The number of hydrogen-bond acceptors (Lipinski definition) is 4. The van der Waals surface area contributed by atoms with E-state index in [1.54, 1.807) is 12.3 Å². The van der Waals surface area contributed by atoms with Crippen molar-refractivity contribution in [2.45, 2.75) is 19.3 Å². The maximum Gasteiger partial charge on any atom is 0.318 e. The molecule has 1 aliphatic rings. The Hall–Kier alpha value is -2.24. The first-order valence-electron chi connectivity index (χ1n) is 6.96. The first-order chi connectivity index (χ1) is 10.4. The third-order valence-corrected chi connectivity index (χ3v) is 3.89. The van der Waals surface area contributed by atoms with Gasteiger partial charge in [0.25, 0.3) is 5.92 Å². The number of halogens is 2. The maximum atomic E-state index is 13.0. The lowest BCUT2D eigenvalue weighted by Gasteiger charge is -2.12. The van der Waals surface area contributed by atoms with E-state index in [0.717, 1.165) is 10.9 Å². The second-order valence-electron chi connectivity index (χ2n) is 5.52. The van der Waals surface area contributed by atoms with Crippen LogP contribution < -0.4 is 4.74 Å². The Kier molecular flexibility index (Phi) is 3.47. The molecule has 2 aromatic rings. The Morgan fingerprint density at radius 1 is 1.27 bits per heavy atom. The van der Waals surface area contributed by atoms with E-state index in [2.05, 4.69) is 4.98 Å². The summed E-state index contributed by atoms with van der Waals surface area (Å²) in [6, 6.07) is 9.18. The van der Waals surface area contributed by atoms with Crippen LogP contribution in [-0.2, 0) is 9.53 Å². The van der Waals surface area contributed by atoms with E-state index in [9.17, 15) is 13.6 Å². The van der Waals surface area contributed by atoms with Gasteiger partial charge in [0.15, 0.2) is 0 Å². The van der Waals surface area contributed by atoms with Crippen LogP contribution in [-0.4, -0.2) is 30.1 Å². The normalized spacial score (nSPS) is 22.3.